The number of hydrogen-bond acceptors (Lipinski definition) is 2. The number of ether oxygens (including phenoxy) is 1. The average molecular weight is 219 g/mol. The van der Waals surface area contributed by atoms with Gasteiger partial charge in [0, 0.05) is 6.04 Å². The van der Waals surface area contributed by atoms with Crippen molar-refractivity contribution in [3.63, 3.8) is 0 Å². The Balaban J connectivity index is 2.43. The van der Waals surface area contributed by atoms with Crippen LogP contribution in [-0.4, -0.2) is 19.7 Å². The molecule has 1 N–H and O–H groups in total. The minimum Gasteiger partial charge on any atom is -0.497 e. The van der Waals surface area contributed by atoms with Gasteiger partial charge in [-0.25, -0.2) is 0 Å². The van der Waals surface area contributed by atoms with Gasteiger partial charge >= 0.3 is 0 Å². The third kappa shape index (κ3) is 4.07. The Kier molecular flexibility index (Phi) is 5.65. The van der Waals surface area contributed by atoms with Gasteiger partial charge in [-0.3, -0.25) is 0 Å². The second-order valence-corrected chi connectivity index (χ2v) is 3.79. The molecule has 2 heteroatoms. The van der Waals surface area contributed by atoms with Crippen LogP contribution in [0.1, 0.15) is 18.9 Å². The van der Waals surface area contributed by atoms with Gasteiger partial charge in [0.2, 0.25) is 0 Å². The molecular weight excluding hydrogens is 198 g/mol. The van der Waals surface area contributed by atoms with Crippen molar-refractivity contribution in [1.82, 2.24) is 5.32 Å². The van der Waals surface area contributed by atoms with E-state index < -0.39 is 0 Å². The van der Waals surface area contributed by atoms with E-state index in [1.165, 1.54) is 5.56 Å². The summed E-state index contributed by atoms with van der Waals surface area (Å²) < 4.78 is 5.13. The van der Waals surface area contributed by atoms with E-state index in [1.54, 1.807) is 7.11 Å². The summed E-state index contributed by atoms with van der Waals surface area (Å²) in [6.45, 7) is 6.94. The molecule has 0 radical (unpaired) electrons. The number of methoxy groups -OCH3 is 1. The van der Waals surface area contributed by atoms with Crippen molar-refractivity contribution in [3.05, 3.63) is 42.5 Å². The first-order valence-electron chi connectivity index (χ1n) is 5.79. The van der Waals surface area contributed by atoms with Crippen molar-refractivity contribution in [2.45, 2.75) is 25.8 Å². The predicted molar refractivity (Wildman–Crippen MR) is 69.0 cm³/mol. The highest BCUT2D eigenvalue weighted by atomic mass is 16.5. The summed E-state index contributed by atoms with van der Waals surface area (Å²) in [6.07, 6.45) is 4.13. The number of hydrogen-bond donors (Lipinski definition) is 1. The number of nitrogens with one attached hydrogen (secondary N) is 1. The molecule has 0 aliphatic heterocycles. The Hall–Kier alpha value is -1.28. The molecule has 0 saturated heterocycles. The third-order valence-electron chi connectivity index (χ3n) is 2.65. The van der Waals surface area contributed by atoms with Crippen molar-refractivity contribution < 1.29 is 4.74 Å². The van der Waals surface area contributed by atoms with Crippen LogP contribution in [0, 0.1) is 0 Å². The molecule has 0 fully saturated rings. The Labute approximate surface area is 98.3 Å². The Bertz CT molecular complexity index is 305. The lowest BCUT2D eigenvalue weighted by atomic mass is 10.1. The largest absolute Gasteiger partial charge is 0.497 e. The van der Waals surface area contributed by atoms with Gasteiger partial charge in [-0.15, -0.1) is 6.58 Å². The topological polar surface area (TPSA) is 21.3 Å². The molecule has 1 aromatic rings. The van der Waals surface area contributed by atoms with Gasteiger partial charge in [-0.05, 0) is 37.1 Å². The monoisotopic (exact) mass is 219 g/mol. The molecule has 1 unspecified atom stereocenters. The average Bonchev–Trinajstić information content (AvgIpc) is 2.35. The molecule has 0 heterocycles. The summed E-state index contributed by atoms with van der Waals surface area (Å²) in [5.74, 6) is 0.913. The van der Waals surface area contributed by atoms with Crippen molar-refractivity contribution in [1.29, 1.82) is 0 Å². The van der Waals surface area contributed by atoms with E-state index in [9.17, 15) is 0 Å². The van der Waals surface area contributed by atoms with Crippen molar-refractivity contribution >= 4 is 0 Å². The second kappa shape index (κ2) is 7.07. The Morgan fingerprint density at radius 1 is 1.38 bits per heavy atom. The minimum absolute atomic E-state index is 0.409. The zero-order chi connectivity index (χ0) is 11.8. The molecular formula is C14H21NO. The van der Waals surface area contributed by atoms with Crippen molar-refractivity contribution in [3.8, 4) is 5.75 Å². The van der Waals surface area contributed by atoms with E-state index in [0.717, 1.165) is 25.1 Å². The molecule has 0 aliphatic carbocycles. The molecule has 0 aliphatic rings. The van der Waals surface area contributed by atoms with Crippen LogP contribution in [0.3, 0.4) is 0 Å². The highest BCUT2D eigenvalue weighted by Crippen LogP contribution is 2.13. The summed E-state index contributed by atoms with van der Waals surface area (Å²) >= 11 is 0. The molecule has 1 atom stereocenters. The summed E-state index contributed by atoms with van der Waals surface area (Å²) in [6, 6.07) is 8.65. The summed E-state index contributed by atoms with van der Waals surface area (Å²) in [5, 5.41) is 3.38. The molecule has 0 saturated carbocycles. The summed E-state index contributed by atoms with van der Waals surface area (Å²) in [7, 11) is 1.69. The second-order valence-electron chi connectivity index (χ2n) is 3.79. The molecule has 0 aromatic heterocycles. The number of rotatable bonds is 7. The van der Waals surface area contributed by atoms with Crippen LogP contribution in [0.5, 0.6) is 5.75 Å². The normalized spacial score (nSPS) is 12.1. The van der Waals surface area contributed by atoms with Gasteiger partial charge in [0.1, 0.15) is 5.75 Å². The lowest BCUT2D eigenvalue weighted by molar-refractivity contribution is 0.414. The first-order chi connectivity index (χ1) is 7.80. The molecule has 16 heavy (non-hydrogen) atoms. The fourth-order valence-electron chi connectivity index (χ4n) is 1.68. The highest BCUT2D eigenvalue weighted by Gasteiger charge is 2.02. The third-order valence-corrected chi connectivity index (χ3v) is 2.65. The number of likely N-dealkylation sites (N-methyl/N-ethyl adjacent to an activating group) is 1. The van der Waals surface area contributed by atoms with Crippen LogP contribution >= 0.6 is 0 Å². The maximum atomic E-state index is 5.13. The van der Waals surface area contributed by atoms with Crippen molar-refractivity contribution in [2.75, 3.05) is 13.7 Å². The molecule has 88 valence electrons. The van der Waals surface area contributed by atoms with Gasteiger partial charge in [0.25, 0.3) is 0 Å². The van der Waals surface area contributed by atoms with E-state index in [2.05, 4.69) is 31.0 Å². The molecule has 1 aromatic carbocycles. The zero-order valence-corrected chi connectivity index (χ0v) is 10.2. The van der Waals surface area contributed by atoms with Crippen LogP contribution in [0.15, 0.2) is 36.9 Å². The molecule has 2 nitrogen and oxygen atoms in total. The Morgan fingerprint density at radius 3 is 2.56 bits per heavy atom. The van der Waals surface area contributed by atoms with E-state index >= 15 is 0 Å². The number of benzene rings is 1. The summed E-state index contributed by atoms with van der Waals surface area (Å²) in [4.78, 5) is 0. The van der Waals surface area contributed by atoms with E-state index in [4.69, 9.17) is 4.74 Å². The fraction of sp³-hybridized carbons (Fsp3) is 0.429. The SMILES string of the molecule is C=CC(CCc1ccc(OC)cc1)NCC. The van der Waals surface area contributed by atoms with Gasteiger partial charge in [-0.1, -0.05) is 25.1 Å². The maximum absolute atomic E-state index is 5.13. The predicted octanol–water partition coefficient (Wildman–Crippen LogP) is 2.79. The van der Waals surface area contributed by atoms with Crippen LogP contribution in [-0.2, 0) is 6.42 Å². The van der Waals surface area contributed by atoms with Crippen LogP contribution in [0.2, 0.25) is 0 Å². The Morgan fingerprint density at radius 2 is 2.06 bits per heavy atom. The number of aryl methyl sites for hydroxylation is 1. The highest BCUT2D eigenvalue weighted by molar-refractivity contribution is 5.27. The van der Waals surface area contributed by atoms with E-state index in [0.29, 0.717) is 6.04 Å². The minimum atomic E-state index is 0.409. The molecule has 0 spiro atoms. The van der Waals surface area contributed by atoms with Gasteiger partial charge in [0.05, 0.1) is 7.11 Å². The smallest absolute Gasteiger partial charge is 0.118 e. The van der Waals surface area contributed by atoms with Gasteiger partial charge < -0.3 is 10.1 Å². The summed E-state index contributed by atoms with van der Waals surface area (Å²) in [5.41, 5.74) is 1.34. The molecule has 1 rings (SSSR count). The van der Waals surface area contributed by atoms with Crippen molar-refractivity contribution in [2.24, 2.45) is 0 Å². The molecule has 0 bridgehead atoms. The first-order valence-corrected chi connectivity index (χ1v) is 5.79. The van der Waals surface area contributed by atoms with E-state index in [-0.39, 0.29) is 0 Å². The van der Waals surface area contributed by atoms with Gasteiger partial charge in [-0.2, -0.15) is 0 Å². The standard InChI is InChI=1S/C14H21NO/c1-4-13(15-5-2)9-6-12-7-10-14(16-3)11-8-12/h4,7-8,10-11,13,15H,1,5-6,9H2,2-3H3. The fourth-order valence-corrected chi connectivity index (χ4v) is 1.68. The first kappa shape index (κ1) is 12.8. The van der Waals surface area contributed by atoms with Crippen LogP contribution < -0.4 is 10.1 Å². The zero-order valence-electron chi connectivity index (χ0n) is 10.2. The maximum Gasteiger partial charge on any atom is 0.118 e. The van der Waals surface area contributed by atoms with Gasteiger partial charge in [0.15, 0.2) is 0 Å². The molecule has 0 amide bonds. The van der Waals surface area contributed by atoms with Crippen LogP contribution in [0.25, 0.3) is 0 Å². The lowest BCUT2D eigenvalue weighted by Crippen LogP contribution is -2.26. The van der Waals surface area contributed by atoms with Crippen LogP contribution in [0.4, 0.5) is 0 Å². The quantitative estimate of drug-likeness (QED) is 0.712. The van der Waals surface area contributed by atoms with E-state index in [1.807, 2.05) is 18.2 Å². The lowest BCUT2D eigenvalue weighted by Gasteiger charge is -2.13.